The Balaban J connectivity index is 1.42. The van der Waals surface area contributed by atoms with E-state index in [-0.39, 0.29) is 12.2 Å². The Labute approximate surface area is 255 Å². The molecule has 9 heteroatoms. The molecule has 1 aliphatic rings. The van der Waals surface area contributed by atoms with E-state index in [0.29, 0.717) is 38.5 Å². The minimum atomic E-state index is -0.672. The lowest BCUT2D eigenvalue weighted by Gasteiger charge is -2.24. The summed E-state index contributed by atoms with van der Waals surface area (Å²) in [7, 11) is 0. The first kappa shape index (κ1) is 28.1. The monoisotopic (exact) mass is 603 g/mol. The first-order chi connectivity index (χ1) is 21.1. The lowest BCUT2D eigenvalue weighted by atomic mass is 9.97. The van der Waals surface area contributed by atoms with E-state index in [1.54, 1.807) is 23.6 Å². The molecule has 5 aromatic rings. The van der Waals surface area contributed by atoms with E-state index in [1.165, 1.54) is 22.7 Å². The molecule has 7 nitrogen and oxygen atoms in total. The number of thiophene rings is 1. The van der Waals surface area contributed by atoms with E-state index < -0.39 is 12.0 Å². The number of ether oxygens (including phenoxy) is 2. The summed E-state index contributed by atoms with van der Waals surface area (Å²) in [5, 5.41) is 10.9. The van der Waals surface area contributed by atoms with Crippen LogP contribution in [0.2, 0.25) is 0 Å². The minimum Gasteiger partial charge on any atom is -0.489 e. The Morgan fingerprint density at radius 3 is 2.58 bits per heavy atom. The highest BCUT2D eigenvalue weighted by molar-refractivity contribution is 7.10. The molecule has 0 N–H and O–H groups in total. The van der Waals surface area contributed by atoms with Crippen LogP contribution in [0.25, 0.3) is 11.8 Å². The molecule has 0 spiro atoms. The van der Waals surface area contributed by atoms with Gasteiger partial charge in [0.15, 0.2) is 4.80 Å². The van der Waals surface area contributed by atoms with Gasteiger partial charge in [-0.3, -0.25) is 9.36 Å². The van der Waals surface area contributed by atoms with Crippen molar-refractivity contribution >= 4 is 40.4 Å². The predicted octanol–water partition coefficient (Wildman–Crippen LogP) is 5.45. The smallest absolute Gasteiger partial charge is 0.338 e. The Kier molecular flexibility index (Phi) is 8.13. The molecule has 43 heavy (non-hydrogen) atoms. The van der Waals surface area contributed by atoms with Crippen LogP contribution in [0.3, 0.4) is 0 Å². The van der Waals surface area contributed by atoms with Crippen LogP contribution in [0.1, 0.15) is 40.1 Å². The normalized spacial score (nSPS) is 14.5. The molecule has 6 rings (SSSR count). The van der Waals surface area contributed by atoms with Crippen molar-refractivity contribution in [3.05, 3.63) is 149 Å². The quantitative estimate of drug-likeness (QED) is 0.220. The van der Waals surface area contributed by atoms with E-state index in [9.17, 15) is 9.59 Å². The molecule has 0 saturated carbocycles. The van der Waals surface area contributed by atoms with Crippen LogP contribution in [0.15, 0.2) is 112 Å². The lowest BCUT2D eigenvalue weighted by molar-refractivity contribution is -0.138. The number of hydrogen-bond donors (Lipinski definition) is 0. The highest BCUT2D eigenvalue weighted by atomic mass is 32.1. The molecule has 3 heterocycles. The molecule has 0 aliphatic carbocycles. The zero-order chi connectivity index (χ0) is 29.8. The molecule has 0 bridgehead atoms. The van der Waals surface area contributed by atoms with Crippen LogP contribution < -0.4 is 19.6 Å². The van der Waals surface area contributed by atoms with Gasteiger partial charge in [0.25, 0.3) is 5.56 Å². The van der Waals surface area contributed by atoms with E-state index in [0.717, 1.165) is 21.6 Å². The summed E-state index contributed by atoms with van der Waals surface area (Å²) < 4.78 is 13.6. The Morgan fingerprint density at radius 1 is 1.05 bits per heavy atom. The van der Waals surface area contributed by atoms with Crippen molar-refractivity contribution in [1.29, 1.82) is 5.26 Å². The molecular formula is C34H25N3O4S2. The van der Waals surface area contributed by atoms with Crippen molar-refractivity contribution in [1.82, 2.24) is 4.57 Å². The number of benzene rings is 3. The topological polar surface area (TPSA) is 93.7 Å². The van der Waals surface area contributed by atoms with E-state index in [2.05, 4.69) is 6.07 Å². The number of fused-ring (bicyclic) bond motifs is 1. The number of nitriles is 1. The summed E-state index contributed by atoms with van der Waals surface area (Å²) in [6.07, 6.45) is 1.82. The molecule has 0 radical (unpaired) electrons. The summed E-state index contributed by atoms with van der Waals surface area (Å²) in [4.78, 5) is 33.7. The largest absolute Gasteiger partial charge is 0.489 e. The van der Waals surface area contributed by atoms with Crippen molar-refractivity contribution < 1.29 is 14.3 Å². The van der Waals surface area contributed by atoms with Gasteiger partial charge in [0.1, 0.15) is 18.4 Å². The van der Waals surface area contributed by atoms with Gasteiger partial charge in [0.05, 0.1) is 34.0 Å². The molecule has 0 saturated heterocycles. The van der Waals surface area contributed by atoms with Crippen LogP contribution in [0.4, 0.5) is 0 Å². The maximum Gasteiger partial charge on any atom is 0.338 e. The van der Waals surface area contributed by atoms with E-state index in [1.807, 2.05) is 90.3 Å². The average Bonchev–Trinajstić information content (AvgIpc) is 3.68. The van der Waals surface area contributed by atoms with Crippen molar-refractivity contribution in [2.24, 2.45) is 4.99 Å². The van der Waals surface area contributed by atoms with Crippen molar-refractivity contribution in [3.8, 4) is 11.8 Å². The Hall–Kier alpha value is -5.04. The number of rotatable bonds is 8. The van der Waals surface area contributed by atoms with Crippen LogP contribution in [0, 0.1) is 11.3 Å². The fourth-order valence-corrected chi connectivity index (χ4v) is 6.67. The third kappa shape index (κ3) is 5.84. The second-order valence-electron chi connectivity index (χ2n) is 9.62. The highest BCUT2D eigenvalue weighted by Crippen LogP contribution is 2.36. The zero-order valence-corrected chi connectivity index (χ0v) is 24.7. The summed E-state index contributed by atoms with van der Waals surface area (Å²) in [6.45, 7) is 2.31. The van der Waals surface area contributed by atoms with Gasteiger partial charge >= 0.3 is 5.97 Å². The average molecular weight is 604 g/mol. The first-order valence-electron chi connectivity index (χ1n) is 13.6. The second-order valence-corrected chi connectivity index (χ2v) is 11.6. The van der Waals surface area contributed by atoms with E-state index >= 15 is 0 Å². The third-order valence-electron chi connectivity index (χ3n) is 6.83. The highest BCUT2D eigenvalue weighted by Gasteiger charge is 2.35. The number of thiazole rings is 1. The number of carbonyl (C=O) groups excluding carboxylic acids is 1. The molecule has 1 atom stereocenters. The summed E-state index contributed by atoms with van der Waals surface area (Å²) in [6, 6.07) is 29.5. The Bertz CT molecular complexity index is 2040. The number of hydrogen-bond acceptors (Lipinski definition) is 8. The molecule has 0 amide bonds. The van der Waals surface area contributed by atoms with Crippen LogP contribution >= 0.6 is 22.7 Å². The maximum atomic E-state index is 14.0. The van der Waals surface area contributed by atoms with Crippen LogP contribution in [0.5, 0.6) is 5.75 Å². The van der Waals surface area contributed by atoms with Gasteiger partial charge in [-0.15, -0.1) is 11.3 Å². The molecule has 0 unspecified atom stereocenters. The number of aromatic nitrogens is 1. The molecule has 212 valence electrons. The number of carbonyl (C=O) groups is 1. The second kappa shape index (κ2) is 12.4. The predicted molar refractivity (Wildman–Crippen MR) is 167 cm³/mol. The van der Waals surface area contributed by atoms with Crippen molar-refractivity contribution in [2.45, 2.75) is 19.6 Å². The SMILES string of the molecule is CCOC(=O)C1=C(c2ccccc2)N=c2s/c(=C\c3cccc(OCc4ccc(C#N)cc4)c3)c(=O)n2[C@@H]1c1cccs1. The van der Waals surface area contributed by atoms with E-state index in [4.69, 9.17) is 19.7 Å². The standard InChI is InChI=1S/C34H25N3O4S2/c1-2-40-33(39)29-30(25-9-4-3-5-10-25)36-34-37(31(29)27-12-7-17-42-27)32(38)28(43-34)19-24-8-6-11-26(18-24)41-21-23-15-13-22(20-35)14-16-23/h3-19,31H,2,21H2,1H3/b28-19-/t31-/m1/s1. The molecule has 0 fully saturated rings. The zero-order valence-electron chi connectivity index (χ0n) is 23.1. The lowest BCUT2D eigenvalue weighted by Crippen LogP contribution is -2.39. The number of nitrogens with zero attached hydrogens (tertiary/aromatic N) is 3. The third-order valence-corrected chi connectivity index (χ3v) is 8.74. The van der Waals surface area contributed by atoms with Gasteiger partial charge in [0, 0.05) is 10.4 Å². The minimum absolute atomic E-state index is 0.204. The van der Waals surface area contributed by atoms with Gasteiger partial charge in [-0.05, 0) is 59.8 Å². The van der Waals surface area contributed by atoms with Crippen molar-refractivity contribution in [2.75, 3.05) is 6.61 Å². The summed E-state index contributed by atoms with van der Waals surface area (Å²) in [5.41, 5.74) is 3.72. The molecule has 1 aliphatic heterocycles. The van der Waals surface area contributed by atoms with Gasteiger partial charge in [-0.25, -0.2) is 9.79 Å². The summed E-state index contributed by atoms with van der Waals surface area (Å²) in [5.74, 6) is 0.156. The van der Waals surface area contributed by atoms with Crippen LogP contribution in [-0.2, 0) is 16.1 Å². The van der Waals surface area contributed by atoms with Crippen LogP contribution in [-0.4, -0.2) is 17.1 Å². The van der Waals surface area contributed by atoms with Gasteiger partial charge in [0.2, 0.25) is 0 Å². The van der Waals surface area contributed by atoms with Gasteiger partial charge < -0.3 is 9.47 Å². The summed E-state index contributed by atoms with van der Waals surface area (Å²) >= 11 is 2.76. The molecule has 2 aromatic heterocycles. The fourth-order valence-electron chi connectivity index (χ4n) is 4.84. The fraction of sp³-hybridized carbons (Fsp3) is 0.118. The first-order valence-corrected chi connectivity index (χ1v) is 15.3. The van der Waals surface area contributed by atoms with Crippen molar-refractivity contribution in [3.63, 3.8) is 0 Å². The maximum absolute atomic E-state index is 14.0. The Morgan fingerprint density at radius 2 is 1.86 bits per heavy atom. The van der Waals surface area contributed by atoms with Gasteiger partial charge in [-0.1, -0.05) is 72.0 Å². The number of esters is 1. The molecule has 3 aromatic carbocycles. The molecular weight excluding hydrogens is 579 g/mol. The van der Waals surface area contributed by atoms with Gasteiger partial charge in [-0.2, -0.15) is 5.26 Å².